The van der Waals surface area contributed by atoms with Gasteiger partial charge in [-0.3, -0.25) is 9.36 Å². The molecule has 0 atom stereocenters. The molecule has 0 aliphatic heterocycles. The predicted molar refractivity (Wildman–Crippen MR) is 62.5 cm³/mol. The van der Waals surface area contributed by atoms with Crippen molar-refractivity contribution in [2.45, 2.75) is 12.7 Å². The number of nitrogens with two attached hydrogens (primary N) is 1. The number of hydrogen-bond acceptors (Lipinski definition) is 6. The third-order valence-electron chi connectivity index (χ3n) is 2.33. The van der Waals surface area contributed by atoms with E-state index in [2.05, 4.69) is 15.0 Å². The van der Waals surface area contributed by atoms with Crippen molar-refractivity contribution in [2.75, 3.05) is 5.43 Å². The molecule has 19 heavy (non-hydrogen) atoms. The summed E-state index contributed by atoms with van der Waals surface area (Å²) in [4.78, 5) is 11.6. The molecule has 0 bridgehead atoms. The van der Waals surface area contributed by atoms with Crippen molar-refractivity contribution in [3.05, 3.63) is 39.9 Å². The second kappa shape index (κ2) is 4.97. The number of nitrogens with one attached hydrogen (secondary N) is 1. The lowest BCUT2D eigenvalue weighted by Gasteiger charge is -2.14. The molecule has 0 spiro atoms. The molecule has 6 nitrogen and oxygen atoms in total. The molecule has 2 rings (SSSR count). The van der Waals surface area contributed by atoms with E-state index in [0.717, 1.165) is 29.7 Å². The van der Waals surface area contributed by atoms with Gasteiger partial charge in [0.2, 0.25) is 0 Å². The Morgan fingerprint density at radius 2 is 2.16 bits per heavy atom. The maximum atomic E-state index is 12.8. The normalized spacial score (nSPS) is 11.6. The van der Waals surface area contributed by atoms with Crippen LogP contribution in [0.25, 0.3) is 0 Å². The van der Waals surface area contributed by atoms with Gasteiger partial charge in [0, 0.05) is 17.6 Å². The summed E-state index contributed by atoms with van der Waals surface area (Å²) in [6, 6.07) is 2.93. The third kappa shape index (κ3) is 2.74. The Labute approximate surface area is 108 Å². The molecule has 3 N–H and O–H groups in total. The van der Waals surface area contributed by atoms with Gasteiger partial charge in [-0.2, -0.15) is 13.2 Å². The molecular formula is C9H8F3N5OS. The van der Waals surface area contributed by atoms with E-state index in [0.29, 0.717) is 9.57 Å². The highest BCUT2D eigenvalue weighted by atomic mass is 32.1. The van der Waals surface area contributed by atoms with Crippen molar-refractivity contribution in [3.63, 3.8) is 0 Å². The number of hydrogen-bond donors (Lipinski definition) is 2. The van der Waals surface area contributed by atoms with E-state index in [-0.39, 0.29) is 12.2 Å². The largest absolute Gasteiger partial charge is 0.431 e. The molecule has 0 amide bonds. The molecule has 2 heterocycles. The molecule has 0 aliphatic carbocycles. The van der Waals surface area contributed by atoms with Crippen LogP contribution in [0.15, 0.2) is 23.0 Å². The topological polar surface area (TPSA) is 85.8 Å². The van der Waals surface area contributed by atoms with Crippen molar-refractivity contribution >= 4 is 16.5 Å². The first-order valence-corrected chi connectivity index (χ1v) is 5.75. The van der Waals surface area contributed by atoms with Crippen LogP contribution in [0.4, 0.5) is 18.2 Å². The fourth-order valence-corrected chi connectivity index (χ4v) is 1.99. The number of halogens is 3. The quantitative estimate of drug-likeness (QED) is 0.652. The summed E-state index contributed by atoms with van der Waals surface area (Å²) in [5, 5.41) is 3.95. The number of aromatic nitrogens is 3. The van der Waals surface area contributed by atoms with Crippen molar-refractivity contribution in [3.8, 4) is 0 Å². The van der Waals surface area contributed by atoms with Gasteiger partial charge in [0.1, 0.15) is 16.4 Å². The van der Waals surface area contributed by atoms with Gasteiger partial charge in [-0.15, -0.1) is 5.10 Å². The van der Waals surface area contributed by atoms with Crippen LogP contribution in [-0.4, -0.2) is 14.2 Å². The Hall–Kier alpha value is -1.94. The zero-order valence-electron chi connectivity index (χ0n) is 9.31. The fraction of sp³-hybridized carbons (Fsp3) is 0.222. The molecule has 0 radical (unpaired) electrons. The van der Waals surface area contributed by atoms with Crippen molar-refractivity contribution in [1.29, 1.82) is 0 Å². The number of nitrogen functional groups attached to an aromatic ring is 1. The lowest BCUT2D eigenvalue weighted by molar-refractivity contribution is -0.144. The van der Waals surface area contributed by atoms with E-state index in [4.69, 9.17) is 5.84 Å². The van der Waals surface area contributed by atoms with Crippen LogP contribution in [0.3, 0.4) is 0 Å². The van der Waals surface area contributed by atoms with Crippen molar-refractivity contribution in [1.82, 2.24) is 14.2 Å². The summed E-state index contributed by atoms with van der Waals surface area (Å²) in [5.74, 6) is 5.18. The zero-order chi connectivity index (χ0) is 14.0. The van der Waals surface area contributed by atoms with E-state index < -0.39 is 17.4 Å². The average Bonchev–Trinajstić information content (AvgIpc) is 2.77. The lowest BCUT2D eigenvalue weighted by Crippen LogP contribution is -2.28. The van der Waals surface area contributed by atoms with Crippen LogP contribution >= 0.6 is 11.5 Å². The maximum absolute atomic E-state index is 12.8. The smallest absolute Gasteiger partial charge is 0.313 e. The Morgan fingerprint density at radius 3 is 2.79 bits per heavy atom. The number of alkyl halides is 3. The number of hydrazine groups is 1. The summed E-state index contributed by atoms with van der Waals surface area (Å²) in [5.41, 5.74) is 0.625. The molecule has 2 aromatic rings. The molecule has 0 saturated heterocycles. The van der Waals surface area contributed by atoms with E-state index >= 15 is 0 Å². The highest BCUT2D eigenvalue weighted by Gasteiger charge is 2.34. The van der Waals surface area contributed by atoms with Crippen LogP contribution < -0.4 is 16.8 Å². The van der Waals surface area contributed by atoms with Crippen LogP contribution in [0.2, 0.25) is 0 Å². The van der Waals surface area contributed by atoms with Crippen molar-refractivity contribution < 1.29 is 13.2 Å². The summed E-state index contributed by atoms with van der Waals surface area (Å²) in [6.45, 7) is -0.357. The first kappa shape index (κ1) is 13.5. The fourth-order valence-electron chi connectivity index (χ4n) is 1.50. The lowest BCUT2D eigenvalue weighted by atomic mass is 10.3. The Balaban J connectivity index is 2.48. The molecule has 0 saturated carbocycles. The molecular weight excluding hydrogens is 283 g/mol. The van der Waals surface area contributed by atoms with Gasteiger partial charge in [-0.1, -0.05) is 10.6 Å². The SMILES string of the molecule is NNc1snnc1Cn1c(C(F)(F)F)cccc1=O. The molecule has 0 aromatic carbocycles. The van der Waals surface area contributed by atoms with E-state index in [1.54, 1.807) is 0 Å². The monoisotopic (exact) mass is 291 g/mol. The van der Waals surface area contributed by atoms with Crippen LogP contribution in [-0.2, 0) is 12.7 Å². The van der Waals surface area contributed by atoms with E-state index in [9.17, 15) is 18.0 Å². The minimum absolute atomic E-state index is 0.172. The standard InChI is InChI=1S/C9H8F3N5OS/c10-9(11,12)6-2-1-3-7(18)17(6)4-5-8(14-13)19-16-15-5/h1-3,14H,4,13H2. The first-order valence-electron chi connectivity index (χ1n) is 4.98. The van der Waals surface area contributed by atoms with Gasteiger partial charge in [0.05, 0.1) is 6.54 Å². The highest BCUT2D eigenvalue weighted by Crippen LogP contribution is 2.29. The van der Waals surface area contributed by atoms with Crippen LogP contribution in [0.1, 0.15) is 11.4 Å². The van der Waals surface area contributed by atoms with Crippen LogP contribution in [0.5, 0.6) is 0 Å². The van der Waals surface area contributed by atoms with Crippen molar-refractivity contribution in [2.24, 2.45) is 5.84 Å². The number of nitrogens with zero attached hydrogens (tertiary/aromatic N) is 3. The number of rotatable bonds is 3. The van der Waals surface area contributed by atoms with Gasteiger partial charge in [0.15, 0.2) is 0 Å². The summed E-state index contributed by atoms with van der Waals surface area (Å²) >= 11 is 0.894. The minimum Gasteiger partial charge on any atom is -0.313 e. The highest BCUT2D eigenvalue weighted by molar-refractivity contribution is 7.10. The Bertz CT molecular complexity index is 635. The van der Waals surface area contributed by atoms with Gasteiger partial charge in [-0.25, -0.2) is 5.84 Å². The second-order valence-corrected chi connectivity index (χ2v) is 4.28. The second-order valence-electron chi connectivity index (χ2n) is 3.53. The Morgan fingerprint density at radius 1 is 1.42 bits per heavy atom. The minimum atomic E-state index is -4.62. The van der Waals surface area contributed by atoms with Gasteiger partial charge < -0.3 is 5.43 Å². The summed E-state index contributed by atoms with van der Waals surface area (Å²) < 4.78 is 42.6. The predicted octanol–water partition coefficient (Wildman–Crippen LogP) is 1.05. The molecule has 10 heteroatoms. The summed E-state index contributed by atoms with van der Waals surface area (Å²) in [6.07, 6.45) is -4.62. The molecule has 0 aliphatic rings. The third-order valence-corrected chi connectivity index (χ3v) is 3.03. The van der Waals surface area contributed by atoms with Crippen LogP contribution in [0, 0.1) is 0 Å². The molecule has 102 valence electrons. The average molecular weight is 291 g/mol. The molecule has 0 fully saturated rings. The van der Waals surface area contributed by atoms with Gasteiger partial charge in [0.25, 0.3) is 5.56 Å². The maximum Gasteiger partial charge on any atom is 0.431 e. The van der Waals surface area contributed by atoms with E-state index in [1.807, 2.05) is 0 Å². The molecule has 0 unspecified atom stereocenters. The zero-order valence-corrected chi connectivity index (χ0v) is 10.1. The summed E-state index contributed by atoms with van der Waals surface area (Å²) in [7, 11) is 0. The van der Waals surface area contributed by atoms with Gasteiger partial charge >= 0.3 is 6.18 Å². The van der Waals surface area contributed by atoms with Gasteiger partial charge in [-0.05, 0) is 6.07 Å². The first-order chi connectivity index (χ1) is 8.93. The Kier molecular flexibility index (Phi) is 3.53. The van der Waals surface area contributed by atoms with E-state index in [1.165, 1.54) is 0 Å². The molecule has 2 aromatic heterocycles. The number of pyridine rings is 1. The number of anilines is 1.